The minimum Gasteiger partial charge on any atom is -0.409 e. The van der Waals surface area contributed by atoms with E-state index in [-0.39, 0.29) is 11.7 Å². The fourth-order valence-electron chi connectivity index (χ4n) is 3.02. The molecular formula is C14H25N3O2. The monoisotopic (exact) mass is 267 g/mol. The number of amides is 1. The summed E-state index contributed by atoms with van der Waals surface area (Å²) in [5.74, 6) is 0.912. The molecule has 2 fully saturated rings. The second-order valence-corrected chi connectivity index (χ2v) is 5.97. The van der Waals surface area contributed by atoms with Crippen LogP contribution in [0.3, 0.4) is 0 Å². The summed E-state index contributed by atoms with van der Waals surface area (Å²) in [5.41, 5.74) is 5.01. The molecule has 2 rings (SSSR count). The van der Waals surface area contributed by atoms with Crippen LogP contribution in [0, 0.1) is 11.3 Å². The number of nitrogens with zero attached hydrogens (tertiary/aromatic N) is 1. The first-order chi connectivity index (χ1) is 9.19. The summed E-state index contributed by atoms with van der Waals surface area (Å²) < 4.78 is 0. The molecule has 19 heavy (non-hydrogen) atoms. The first kappa shape index (κ1) is 14.2. The Morgan fingerprint density at radius 1 is 1.32 bits per heavy atom. The Balaban J connectivity index is 1.87. The smallest absolute Gasteiger partial charge is 0.233 e. The summed E-state index contributed by atoms with van der Waals surface area (Å²) in [6.45, 7) is 0.704. The van der Waals surface area contributed by atoms with Gasteiger partial charge in [0.1, 0.15) is 5.41 Å². The number of rotatable bonds is 6. The van der Waals surface area contributed by atoms with Gasteiger partial charge in [-0.15, -0.1) is 0 Å². The molecule has 0 radical (unpaired) electrons. The first-order valence-electron chi connectivity index (χ1n) is 7.45. The van der Waals surface area contributed by atoms with Gasteiger partial charge in [-0.1, -0.05) is 37.3 Å². The first-order valence-corrected chi connectivity index (χ1v) is 7.45. The third-order valence-electron chi connectivity index (χ3n) is 4.51. The van der Waals surface area contributed by atoms with Crippen LogP contribution in [-0.4, -0.2) is 23.5 Å². The van der Waals surface area contributed by atoms with E-state index in [2.05, 4.69) is 10.5 Å². The largest absolute Gasteiger partial charge is 0.409 e. The van der Waals surface area contributed by atoms with Gasteiger partial charge in [0.15, 0.2) is 5.84 Å². The number of nitrogens with one attached hydrogen (secondary N) is 1. The highest BCUT2D eigenvalue weighted by Gasteiger charge is 2.43. The average Bonchev–Trinajstić information content (AvgIpc) is 3.27. The molecule has 1 amide bonds. The molecule has 108 valence electrons. The lowest BCUT2D eigenvalue weighted by atomic mass is 9.72. The van der Waals surface area contributed by atoms with Crippen LogP contribution in [0.2, 0.25) is 0 Å². The molecule has 0 atom stereocenters. The zero-order chi connectivity index (χ0) is 13.7. The predicted octanol–water partition coefficient (Wildman–Crippen LogP) is 1.99. The van der Waals surface area contributed by atoms with Gasteiger partial charge in [0.05, 0.1) is 0 Å². The van der Waals surface area contributed by atoms with E-state index in [1.54, 1.807) is 0 Å². The molecular weight excluding hydrogens is 242 g/mol. The molecule has 5 heteroatoms. The molecule has 2 aliphatic carbocycles. The minimum absolute atomic E-state index is 0.0571. The van der Waals surface area contributed by atoms with Crippen LogP contribution in [0.1, 0.15) is 57.8 Å². The van der Waals surface area contributed by atoms with Crippen molar-refractivity contribution < 1.29 is 10.0 Å². The standard InChI is InChI=1S/C14H25N3O2/c15-12(17-19)14(8-2-1-3-9-14)13(18)16-10-4-5-11-6-7-11/h11,19H,1-10H2,(H2,15,17)(H,16,18). The Hall–Kier alpha value is -1.26. The van der Waals surface area contributed by atoms with Crippen LogP contribution in [0.25, 0.3) is 0 Å². The van der Waals surface area contributed by atoms with Crippen molar-refractivity contribution in [3.63, 3.8) is 0 Å². The van der Waals surface area contributed by atoms with E-state index < -0.39 is 5.41 Å². The van der Waals surface area contributed by atoms with Gasteiger partial charge in [-0.2, -0.15) is 0 Å². The molecule has 0 saturated heterocycles. The normalized spacial score (nSPS) is 23.1. The van der Waals surface area contributed by atoms with Crippen molar-refractivity contribution in [1.82, 2.24) is 5.32 Å². The van der Waals surface area contributed by atoms with Crippen molar-refractivity contribution in [3.05, 3.63) is 0 Å². The Labute approximate surface area is 114 Å². The molecule has 0 bridgehead atoms. The van der Waals surface area contributed by atoms with Crippen molar-refractivity contribution in [1.29, 1.82) is 0 Å². The fourth-order valence-corrected chi connectivity index (χ4v) is 3.02. The second kappa shape index (κ2) is 6.26. The van der Waals surface area contributed by atoms with Gasteiger partial charge < -0.3 is 16.3 Å². The summed E-state index contributed by atoms with van der Waals surface area (Å²) >= 11 is 0. The number of carbonyl (C=O) groups is 1. The van der Waals surface area contributed by atoms with E-state index in [0.717, 1.165) is 31.6 Å². The molecule has 0 spiro atoms. The van der Waals surface area contributed by atoms with Crippen molar-refractivity contribution in [2.24, 2.45) is 22.2 Å². The molecule has 2 saturated carbocycles. The molecule has 4 N–H and O–H groups in total. The fraction of sp³-hybridized carbons (Fsp3) is 0.857. The molecule has 0 heterocycles. The second-order valence-electron chi connectivity index (χ2n) is 5.97. The van der Waals surface area contributed by atoms with Crippen LogP contribution >= 0.6 is 0 Å². The predicted molar refractivity (Wildman–Crippen MR) is 73.9 cm³/mol. The van der Waals surface area contributed by atoms with E-state index in [0.29, 0.717) is 19.4 Å². The van der Waals surface area contributed by atoms with Crippen LogP contribution in [0.15, 0.2) is 5.16 Å². The van der Waals surface area contributed by atoms with E-state index in [1.165, 1.54) is 19.3 Å². The van der Waals surface area contributed by atoms with Crippen molar-refractivity contribution in [2.45, 2.75) is 57.8 Å². The van der Waals surface area contributed by atoms with Crippen LogP contribution in [0.4, 0.5) is 0 Å². The maximum atomic E-state index is 12.4. The van der Waals surface area contributed by atoms with Gasteiger partial charge in [0.2, 0.25) is 5.91 Å². The van der Waals surface area contributed by atoms with Crippen LogP contribution in [-0.2, 0) is 4.79 Å². The van der Waals surface area contributed by atoms with Crippen molar-refractivity contribution >= 4 is 11.7 Å². The maximum Gasteiger partial charge on any atom is 0.233 e. The Morgan fingerprint density at radius 3 is 2.58 bits per heavy atom. The molecule has 5 nitrogen and oxygen atoms in total. The highest BCUT2D eigenvalue weighted by molar-refractivity contribution is 6.06. The zero-order valence-electron chi connectivity index (χ0n) is 11.5. The quantitative estimate of drug-likeness (QED) is 0.226. The summed E-state index contributed by atoms with van der Waals surface area (Å²) in [6.07, 6.45) is 9.37. The Morgan fingerprint density at radius 2 is 2.00 bits per heavy atom. The van der Waals surface area contributed by atoms with Gasteiger partial charge >= 0.3 is 0 Å². The third kappa shape index (κ3) is 3.39. The van der Waals surface area contributed by atoms with E-state index in [1.807, 2.05) is 0 Å². The van der Waals surface area contributed by atoms with Gasteiger partial charge in [0.25, 0.3) is 0 Å². The lowest BCUT2D eigenvalue weighted by Gasteiger charge is -2.34. The average molecular weight is 267 g/mol. The molecule has 2 aliphatic rings. The van der Waals surface area contributed by atoms with Crippen LogP contribution in [0.5, 0.6) is 0 Å². The van der Waals surface area contributed by atoms with Gasteiger partial charge in [-0.3, -0.25) is 4.79 Å². The number of oxime groups is 1. The van der Waals surface area contributed by atoms with Gasteiger partial charge in [-0.05, 0) is 31.6 Å². The molecule has 0 unspecified atom stereocenters. The molecule has 0 aliphatic heterocycles. The highest BCUT2D eigenvalue weighted by Crippen LogP contribution is 2.37. The Bertz CT molecular complexity index is 345. The minimum atomic E-state index is -0.771. The molecule has 0 aromatic heterocycles. The number of carbonyl (C=O) groups excluding carboxylic acids is 1. The summed E-state index contributed by atoms with van der Waals surface area (Å²) in [7, 11) is 0. The topological polar surface area (TPSA) is 87.7 Å². The Kier molecular flexibility index (Phi) is 4.66. The SMILES string of the molecule is NC(=NO)C1(C(=O)NCCCC2CC2)CCCCC1. The summed E-state index contributed by atoms with van der Waals surface area (Å²) in [5, 5.41) is 15.0. The van der Waals surface area contributed by atoms with Gasteiger partial charge in [0, 0.05) is 6.54 Å². The van der Waals surface area contributed by atoms with Crippen LogP contribution < -0.4 is 11.1 Å². The summed E-state index contributed by atoms with van der Waals surface area (Å²) in [6, 6.07) is 0. The van der Waals surface area contributed by atoms with Crippen molar-refractivity contribution in [3.8, 4) is 0 Å². The van der Waals surface area contributed by atoms with E-state index in [9.17, 15) is 4.79 Å². The number of hydrogen-bond donors (Lipinski definition) is 3. The van der Waals surface area contributed by atoms with E-state index in [4.69, 9.17) is 10.9 Å². The molecule has 0 aromatic rings. The zero-order valence-corrected chi connectivity index (χ0v) is 11.5. The number of hydrogen-bond acceptors (Lipinski definition) is 3. The maximum absolute atomic E-state index is 12.4. The van der Waals surface area contributed by atoms with Crippen molar-refractivity contribution in [2.75, 3.05) is 6.54 Å². The summed E-state index contributed by atoms with van der Waals surface area (Å²) in [4.78, 5) is 12.4. The van der Waals surface area contributed by atoms with Gasteiger partial charge in [-0.25, -0.2) is 0 Å². The third-order valence-corrected chi connectivity index (χ3v) is 4.51. The van der Waals surface area contributed by atoms with E-state index >= 15 is 0 Å². The number of nitrogens with two attached hydrogens (primary N) is 1. The highest BCUT2D eigenvalue weighted by atomic mass is 16.4. The lowest BCUT2D eigenvalue weighted by Crippen LogP contribution is -2.51. The number of amidine groups is 1. The lowest BCUT2D eigenvalue weighted by molar-refractivity contribution is -0.129. The molecule has 0 aromatic carbocycles.